The Morgan fingerprint density at radius 2 is 1.74 bits per heavy atom. The van der Waals surface area contributed by atoms with Gasteiger partial charge in [-0.25, -0.2) is 18.2 Å². The molecule has 0 aliphatic carbocycles. The highest BCUT2D eigenvalue weighted by molar-refractivity contribution is 7.92. The largest absolute Gasteiger partial charge is 0.271 e. The van der Waals surface area contributed by atoms with Gasteiger partial charge in [0.1, 0.15) is 12.4 Å². The molecule has 0 saturated heterocycles. The van der Waals surface area contributed by atoms with Crippen LogP contribution in [0.4, 0.5) is 10.1 Å². The molecule has 160 valence electrons. The van der Waals surface area contributed by atoms with Crippen LogP contribution in [-0.4, -0.2) is 27.1 Å². The predicted octanol–water partition coefficient (Wildman–Crippen LogP) is 4.48. The zero-order chi connectivity index (χ0) is 22.4. The Kier molecular flexibility index (Phi) is 7.27. The lowest BCUT2D eigenvalue weighted by atomic mass is 10.2. The van der Waals surface area contributed by atoms with E-state index in [-0.39, 0.29) is 21.2 Å². The number of hydrazone groups is 1. The van der Waals surface area contributed by atoms with Crippen LogP contribution in [0.15, 0.2) is 82.8 Å². The van der Waals surface area contributed by atoms with E-state index in [0.717, 1.165) is 10.5 Å². The molecule has 10 heteroatoms. The highest BCUT2D eigenvalue weighted by Gasteiger charge is 2.27. The average Bonchev–Trinajstić information content (AvgIpc) is 2.74. The normalized spacial score (nSPS) is 11.5. The van der Waals surface area contributed by atoms with Crippen molar-refractivity contribution >= 4 is 51.0 Å². The summed E-state index contributed by atoms with van der Waals surface area (Å²) in [6.07, 6.45) is 1.05. The van der Waals surface area contributed by atoms with E-state index in [0.29, 0.717) is 5.02 Å². The molecule has 0 aromatic heterocycles. The van der Waals surface area contributed by atoms with Crippen molar-refractivity contribution in [2.75, 3.05) is 10.8 Å². The standard InChI is InChI=1S/C21H16Cl2FN3O3S/c22-15-6-4-7-16(12-15)27(31(29,30)17-8-2-1-3-9-17)14-21(28)26-25-13-18-19(23)10-5-11-20(18)24/h1-13H,14H2,(H,26,28)/b25-13+. The van der Waals surface area contributed by atoms with Crippen molar-refractivity contribution in [3.05, 3.63) is 94.2 Å². The molecule has 0 radical (unpaired) electrons. The minimum Gasteiger partial charge on any atom is -0.271 e. The van der Waals surface area contributed by atoms with Crippen molar-refractivity contribution in [2.24, 2.45) is 5.10 Å². The van der Waals surface area contributed by atoms with Crippen molar-refractivity contribution in [3.8, 4) is 0 Å². The number of sulfonamides is 1. The molecule has 6 nitrogen and oxygen atoms in total. The number of carbonyl (C=O) groups excluding carboxylic acids is 1. The minimum atomic E-state index is -4.08. The Morgan fingerprint density at radius 3 is 2.42 bits per heavy atom. The SMILES string of the molecule is O=C(CN(c1cccc(Cl)c1)S(=O)(=O)c1ccccc1)N/N=C/c1c(F)cccc1Cl. The van der Waals surface area contributed by atoms with Gasteiger partial charge in [0.2, 0.25) is 0 Å². The number of rotatable bonds is 7. The fourth-order valence-electron chi connectivity index (χ4n) is 2.63. The van der Waals surface area contributed by atoms with E-state index in [2.05, 4.69) is 10.5 Å². The van der Waals surface area contributed by atoms with Crippen LogP contribution in [0.1, 0.15) is 5.56 Å². The number of amides is 1. The zero-order valence-electron chi connectivity index (χ0n) is 15.9. The minimum absolute atomic E-state index is 0.00409. The molecule has 1 amide bonds. The van der Waals surface area contributed by atoms with E-state index < -0.39 is 28.3 Å². The summed E-state index contributed by atoms with van der Waals surface area (Å²) >= 11 is 11.9. The van der Waals surface area contributed by atoms with E-state index in [9.17, 15) is 17.6 Å². The van der Waals surface area contributed by atoms with Gasteiger partial charge in [-0.1, -0.05) is 53.5 Å². The molecule has 0 spiro atoms. The molecule has 0 fully saturated rings. The van der Waals surface area contributed by atoms with Crippen LogP contribution in [0.5, 0.6) is 0 Å². The summed E-state index contributed by atoms with van der Waals surface area (Å²) in [5.41, 5.74) is 2.39. The highest BCUT2D eigenvalue weighted by Crippen LogP contribution is 2.26. The van der Waals surface area contributed by atoms with Crippen LogP contribution in [0.25, 0.3) is 0 Å². The number of benzene rings is 3. The molecule has 0 aliphatic rings. The van der Waals surface area contributed by atoms with Crippen LogP contribution in [0.2, 0.25) is 10.0 Å². The summed E-state index contributed by atoms with van der Waals surface area (Å²) < 4.78 is 41.0. The van der Waals surface area contributed by atoms with E-state index in [1.54, 1.807) is 30.3 Å². The summed E-state index contributed by atoms with van der Waals surface area (Å²) in [4.78, 5) is 12.5. The first-order chi connectivity index (χ1) is 14.8. The number of halogens is 3. The first-order valence-electron chi connectivity index (χ1n) is 8.88. The van der Waals surface area contributed by atoms with Crippen molar-refractivity contribution in [2.45, 2.75) is 4.90 Å². The second-order valence-corrected chi connectivity index (χ2v) is 8.94. The molecule has 3 aromatic rings. The third-order valence-corrected chi connectivity index (χ3v) is 6.45. The molecule has 3 aromatic carbocycles. The summed E-state index contributed by atoms with van der Waals surface area (Å²) in [5.74, 6) is -1.36. The highest BCUT2D eigenvalue weighted by atomic mass is 35.5. The maximum absolute atomic E-state index is 13.8. The van der Waals surface area contributed by atoms with Crippen LogP contribution in [0, 0.1) is 5.82 Å². The predicted molar refractivity (Wildman–Crippen MR) is 120 cm³/mol. The third-order valence-electron chi connectivity index (χ3n) is 4.10. The number of nitrogens with zero attached hydrogens (tertiary/aromatic N) is 2. The van der Waals surface area contributed by atoms with Gasteiger partial charge in [0.25, 0.3) is 15.9 Å². The molecular formula is C21H16Cl2FN3O3S. The van der Waals surface area contributed by atoms with E-state index in [1.807, 2.05) is 0 Å². The van der Waals surface area contributed by atoms with Gasteiger partial charge in [-0.15, -0.1) is 0 Å². The fourth-order valence-corrected chi connectivity index (χ4v) is 4.46. The summed E-state index contributed by atoms with van der Waals surface area (Å²) in [6.45, 7) is -0.583. The molecule has 0 unspecified atom stereocenters. The smallest absolute Gasteiger partial charge is 0.264 e. The zero-order valence-corrected chi connectivity index (χ0v) is 18.2. The van der Waals surface area contributed by atoms with Crippen molar-refractivity contribution in [1.82, 2.24) is 5.43 Å². The Bertz CT molecular complexity index is 1200. The fraction of sp³-hybridized carbons (Fsp3) is 0.0476. The van der Waals surface area contributed by atoms with Gasteiger partial charge < -0.3 is 0 Å². The number of hydrogen-bond acceptors (Lipinski definition) is 4. The van der Waals surface area contributed by atoms with Gasteiger partial charge in [0.15, 0.2) is 0 Å². The number of anilines is 1. The van der Waals surface area contributed by atoms with E-state index in [4.69, 9.17) is 23.2 Å². The Morgan fingerprint density at radius 1 is 1.03 bits per heavy atom. The Hall–Kier alpha value is -2.94. The van der Waals surface area contributed by atoms with Gasteiger partial charge in [-0.2, -0.15) is 5.10 Å². The van der Waals surface area contributed by atoms with Gasteiger partial charge in [-0.3, -0.25) is 9.10 Å². The van der Waals surface area contributed by atoms with Crippen LogP contribution in [0.3, 0.4) is 0 Å². The first kappa shape index (κ1) is 22.7. The molecule has 0 bridgehead atoms. The first-order valence-corrected chi connectivity index (χ1v) is 11.1. The van der Waals surface area contributed by atoms with Crippen molar-refractivity contribution in [1.29, 1.82) is 0 Å². The third kappa shape index (κ3) is 5.61. The maximum Gasteiger partial charge on any atom is 0.264 e. The molecule has 0 saturated carbocycles. The molecule has 1 N–H and O–H groups in total. The number of carbonyl (C=O) groups is 1. The molecule has 0 aliphatic heterocycles. The van der Waals surface area contributed by atoms with Crippen LogP contribution in [-0.2, 0) is 14.8 Å². The van der Waals surface area contributed by atoms with Gasteiger partial charge in [0, 0.05) is 10.6 Å². The van der Waals surface area contributed by atoms with Crippen molar-refractivity contribution in [3.63, 3.8) is 0 Å². The number of nitrogens with one attached hydrogen (secondary N) is 1. The van der Waals surface area contributed by atoms with Gasteiger partial charge >= 0.3 is 0 Å². The summed E-state index contributed by atoms with van der Waals surface area (Å²) in [7, 11) is -4.08. The van der Waals surface area contributed by atoms with Gasteiger partial charge in [0.05, 0.1) is 21.8 Å². The van der Waals surface area contributed by atoms with E-state index >= 15 is 0 Å². The second-order valence-electron chi connectivity index (χ2n) is 6.23. The lowest BCUT2D eigenvalue weighted by Crippen LogP contribution is -2.39. The molecule has 0 atom stereocenters. The monoisotopic (exact) mass is 479 g/mol. The summed E-state index contributed by atoms with van der Waals surface area (Å²) in [5, 5.41) is 4.11. The summed E-state index contributed by atoms with van der Waals surface area (Å²) in [6, 6.07) is 17.9. The lowest BCUT2D eigenvalue weighted by molar-refractivity contribution is -0.119. The Balaban J connectivity index is 1.85. The quantitative estimate of drug-likeness (QED) is 0.400. The second kappa shape index (κ2) is 9.91. The molecule has 31 heavy (non-hydrogen) atoms. The molecule has 0 heterocycles. The maximum atomic E-state index is 13.8. The van der Waals surface area contributed by atoms with Crippen LogP contribution >= 0.6 is 23.2 Å². The van der Waals surface area contributed by atoms with Crippen LogP contribution < -0.4 is 9.73 Å². The average molecular weight is 480 g/mol. The topological polar surface area (TPSA) is 78.8 Å². The lowest BCUT2D eigenvalue weighted by Gasteiger charge is -2.23. The van der Waals surface area contributed by atoms with E-state index in [1.165, 1.54) is 42.5 Å². The number of hydrogen-bond donors (Lipinski definition) is 1. The molecule has 3 rings (SSSR count). The van der Waals surface area contributed by atoms with Crippen molar-refractivity contribution < 1.29 is 17.6 Å². The molecular weight excluding hydrogens is 464 g/mol. The van der Waals surface area contributed by atoms with Gasteiger partial charge in [-0.05, 0) is 42.5 Å². The Labute approximate surface area is 189 Å².